The fraction of sp³-hybridized carbons (Fsp3) is 0.720. The molecule has 0 aromatic rings. The highest BCUT2D eigenvalue weighted by Crippen LogP contribution is 2.07. The minimum absolute atomic E-state index is 0.0392. The second kappa shape index (κ2) is 20.8. The summed E-state index contributed by atoms with van der Waals surface area (Å²) in [5.74, 6) is -3.71. The van der Waals surface area contributed by atoms with E-state index in [1.807, 2.05) is 13.8 Å². The van der Waals surface area contributed by atoms with Gasteiger partial charge in [-0.05, 0) is 47.0 Å². The quantitative estimate of drug-likeness (QED) is 0.117. The van der Waals surface area contributed by atoms with E-state index < -0.39 is 53.8 Å². The van der Waals surface area contributed by atoms with Crippen LogP contribution in [0, 0.1) is 5.41 Å². The fourth-order valence-corrected chi connectivity index (χ4v) is 2.86. The Bertz CT molecular complexity index is 801. The lowest BCUT2D eigenvalue weighted by atomic mass is 10.0. The molecule has 13 nitrogen and oxygen atoms in total. The van der Waals surface area contributed by atoms with Gasteiger partial charge in [-0.2, -0.15) is 0 Å². The van der Waals surface area contributed by atoms with Crippen LogP contribution in [-0.2, 0) is 38.2 Å². The molecule has 3 unspecified atom stereocenters. The lowest BCUT2D eigenvalue weighted by Gasteiger charge is -2.23. The number of rotatable bonds is 18. The van der Waals surface area contributed by atoms with E-state index >= 15 is 0 Å². The van der Waals surface area contributed by atoms with Crippen LogP contribution in [0.3, 0.4) is 0 Å². The lowest BCUT2D eigenvalue weighted by Crippen LogP contribution is -2.52. The number of ether oxygens (including phenoxy) is 2. The Morgan fingerprint density at radius 2 is 1.32 bits per heavy atom. The van der Waals surface area contributed by atoms with Crippen LogP contribution >= 0.6 is 0 Å². The normalized spacial score (nSPS) is 12.8. The Morgan fingerprint density at radius 1 is 0.789 bits per heavy atom. The maximum absolute atomic E-state index is 13.0. The van der Waals surface area contributed by atoms with E-state index in [2.05, 4.69) is 10.6 Å². The Hall–Kier alpha value is -3.19. The molecule has 0 aromatic carbocycles. The van der Waals surface area contributed by atoms with Gasteiger partial charge in [0.15, 0.2) is 5.78 Å². The molecule has 13 heteroatoms. The monoisotopic (exact) mass is 543 g/mol. The summed E-state index contributed by atoms with van der Waals surface area (Å²) >= 11 is 0. The molecule has 0 aromatic heterocycles. The molecule has 0 saturated heterocycles. The molecule has 3 atom stereocenters. The van der Waals surface area contributed by atoms with Crippen LogP contribution in [0.15, 0.2) is 0 Å². The zero-order valence-electron chi connectivity index (χ0n) is 23.3. The summed E-state index contributed by atoms with van der Waals surface area (Å²) < 4.78 is 10.1. The number of esters is 2. The molecule has 0 saturated carbocycles. The Kier molecular flexibility index (Phi) is 20.3. The molecule has 2 amide bonds. The molecule has 0 heterocycles. The molecule has 38 heavy (non-hydrogen) atoms. The highest BCUT2D eigenvalue weighted by molar-refractivity contribution is 6.26. The molecule has 0 radical (unpaired) electrons. The van der Waals surface area contributed by atoms with Crippen molar-refractivity contribution < 1.29 is 38.2 Å². The summed E-state index contributed by atoms with van der Waals surface area (Å²) in [5, 5.41) is 11.9. The van der Waals surface area contributed by atoms with Crippen molar-refractivity contribution in [2.45, 2.75) is 110 Å². The van der Waals surface area contributed by atoms with E-state index in [-0.39, 0.29) is 57.0 Å². The Labute approximate surface area is 224 Å². The van der Waals surface area contributed by atoms with Gasteiger partial charge in [0.05, 0.1) is 25.0 Å². The summed E-state index contributed by atoms with van der Waals surface area (Å²) in [7, 11) is 0. The van der Waals surface area contributed by atoms with Crippen molar-refractivity contribution >= 4 is 41.5 Å². The standard InChI is InChI=1S/C23H39N5O8.C2H6/c1-13(2)35-22(33)17(26)7-10-20(31)27-18(8-5-15(29)11-24)21(32)28-19(9-6-16(30)12-25)23(34)36-14(3)4;1-2/h12-14,17-19,25H,5-11,24,26H2,1-4H3,(H,27,31)(H,28,32);1-2H3. The Morgan fingerprint density at radius 3 is 1.82 bits per heavy atom. The van der Waals surface area contributed by atoms with Crippen molar-refractivity contribution in [3.63, 3.8) is 0 Å². The van der Waals surface area contributed by atoms with Crippen LogP contribution in [0.1, 0.15) is 80.1 Å². The maximum atomic E-state index is 13.0. The number of amides is 2. The van der Waals surface area contributed by atoms with Crippen molar-refractivity contribution in [3.05, 3.63) is 0 Å². The molecule has 218 valence electrons. The van der Waals surface area contributed by atoms with Crippen molar-refractivity contribution in [2.24, 2.45) is 11.5 Å². The highest BCUT2D eigenvalue weighted by atomic mass is 16.5. The maximum Gasteiger partial charge on any atom is 0.328 e. The molecule has 0 bridgehead atoms. The van der Waals surface area contributed by atoms with Gasteiger partial charge in [-0.15, -0.1) is 0 Å². The summed E-state index contributed by atoms with van der Waals surface area (Å²) in [4.78, 5) is 72.9. The first-order chi connectivity index (χ1) is 17.8. The van der Waals surface area contributed by atoms with Gasteiger partial charge in [0.25, 0.3) is 0 Å². The minimum Gasteiger partial charge on any atom is -0.462 e. The minimum atomic E-state index is -1.22. The molecule has 0 aliphatic rings. The van der Waals surface area contributed by atoms with Gasteiger partial charge < -0.3 is 37.0 Å². The van der Waals surface area contributed by atoms with Crippen LogP contribution in [0.5, 0.6) is 0 Å². The van der Waals surface area contributed by atoms with Gasteiger partial charge >= 0.3 is 11.9 Å². The van der Waals surface area contributed by atoms with E-state index in [9.17, 15) is 28.8 Å². The van der Waals surface area contributed by atoms with E-state index in [0.717, 1.165) is 0 Å². The van der Waals surface area contributed by atoms with Crippen LogP contribution < -0.4 is 22.1 Å². The summed E-state index contributed by atoms with van der Waals surface area (Å²) in [6.07, 6.45) is -0.999. The largest absolute Gasteiger partial charge is 0.462 e. The van der Waals surface area contributed by atoms with Gasteiger partial charge in [0, 0.05) is 19.3 Å². The summed E-state index contributed by atoms with van der Waals surface area (Å²) in [6, 6.07) is -3.46. The van der Waals surface area contributed by atoms with Gasteiger partial charge in [-0.1, -0.05) is 13.8 Å². The van der Waals surface area contributed by atoms with Gasteiger partial charge in [-0.3, -0.25) is 24.0 Å². The first-order valence-electron chi connectivity index (χ1n) is 12.8. The number of carbonyl (C=O) groups excluding carboxylic acids is 6. The first-order valence-corrected chi connectivity index (χ1v) is 12.8. The zero-order chi connectivity index (χ0) is 29.8. The summed E-state index contributed by atoms with van der Waals surface area (Å²) in [6.45, 7) is 10.3. The topological polar surface area (TPSA) is 221 Å². The SMILES string of the molecule is CC.CC(C)OC(=O)C(N)CCC(=O)NC(CCC(=O)CN)C(=O)NC(CCC(=O)C=N)C(=O)OC(C)C. The highest BCUT2D eigenvalue weighted by Gasteiger charge is 2.29. The smallest absolute Gasteiger partial charge is 0.328 e. The van der Waals surface area contributed by atoms with Crippen LogP contribution in [0.2, 0.25) is 0 Å². The Balaban J connectivity index is 0. The van der Waals surface area contributed by atoms with Crippen molar-refractivity contribution in [1.82, 2.24) is 10.6 Å². The predicted molar refractivity (Wildman–Crippen MR) is 141 cm³/mol. The fourth-order valence-electron chi connectivity index (χ4n) is 2.86. The molecule has 0 fully saturated rings. The third-order valence-corrected chi connectivity index (χ3v) is 4.72. The van der Waals surface area contributed by atoms with E-state index in [1.54, 1.807) is 27.7 Å². The summed E-state index contributed by atoms with van der Waals surface area (Å²) in [5.41, 5.74) is 11.1. The molecule has 0 aliphatic heterocycles. The number of Topliss-reactive ketones (excluding diaryl/α,β-unsaturated/α-hetero) is 2. The third-order valence-electron chi connectivity index (χ3n) is 4.72. The van der Waals surface area contributed by atoms with Crippen LogP contribution in [0.4, 0.5) is 0 Å². The number of ketones is 2. The second-order valence-electron chi connectivity index (χ2n) is 8.73. The van der Waals surface area contributed by atoms with Crippen LogP contribution in [0.25, 0.3) is 0 Å². The third kappa shape index (κ3) is 17.3. The van der Waals surface area contributed by atoms with Gasteiger partial charge in [0.1, 0.15) is 23.9 Å². The molecule has 0 spiro atoms. The number of carbonyl (C=O) groups is 6. The molecule has 7 N–H and O–H groups in total. The van der Waals surface area contributed by atoms with Gasteiger partial charge in [-0.25, -0.2) is 4.79 Å². The van der Waals surface area contributed by atoms with E-state index in [1.165, 1.54) is 0 Å². The first kappa shape index (κ1) is 37.0. The zero-order valence-corrected chi connectivity index (χ0v) is 23.3. The molecule has 0 rings (SSSR count). The van der Waals surface area contributed by atoms with E-state index in [4.69, 9.17) is 26.4 Å². The predicted octanol–water partition coefficient (Wildman–Crippen LogP) is 0.300. The van der Waals surface area contributed by atoms with Crippen molar-refractivity contribution in [1.29, 1.82) is 5.41 Å². The number of nitrogens with one attached hydrogen (secondary N) is 3. The molecule has 0 aliphatic carbocycles. The average molecular weight is 544 g/mol. The average Bonchev–Trinajstić information content (AvgIpc) is 2.86. The molecular weight excluding hydrogens is 498 g/mol. The van der Waals surface area contributed by atoms with E-state index in [0.29, 0.717) is 6.21 Å². The van der Waals surface area contributed by atoms with Crippen molar-refractivity contribution in [3.8, 4) is 0 Å². The van der Waals surface area contributed by atoms with Crippen LogP contribution in [-0.4, -0.2) is 78.4 Å². The second-order valence-corrected chi connectivity index (χ2v) is 8.73. The number of hydrogen-bond donors (Lipinski definition) is 5. The lowest BCUT2D eigenvalue weighted by molar-refractivity contribution is -0.152. The molecular formula is C25H45N5O8. The van der Waals surface area contributed by atoms with Crippen molar-refractivity contribution in [2.75, 3.05) is 6.54 Å². The number of hydrogen-bond acceptors (Lipinski definition) is 11. The number of nitrogens with two attached hydrogens (primary N) is 2. The van der Waals surface area contributed by atoms with Gasteiger partial charge in [0.2, 0.25) is 11.8 Å².